The standard InChI is InChI=1S/C18H15NOS/c1-19-10-14-8-13(11-21-14)12-6-7-18-16(9-12)15-4-2-3-5-17(15)20-18/h2-9,11,19H,10H2,1H3. The third kappa shape index (κ3) is 2.15. The van der Waals surface area contributed by atoms with Crippen LogP contribution >= 0.6 is 11.3 Å². The van der Waals surface area contributed by atoms with Crippen molar-refractivity contribution < 1.29 is 4.42 Å². The molecule has 0 bridgehead atoms. The first-order valence-electron chi connectivity index (χ1n) is 6.99. The average Bonchev–Trinajstić information content (AvgIpc) is 3.11. The SMILES string of the molecule is CNCc1cc(-c2ccc3oc4ccccc4c3c2)cs1. The van der Waals surface area contributed by atoms with Crippen molar-refractivity contribution in [2.45, 2.75) is 6.54 Å². The summed E-state index contributed by atoms with van der Waals surface area (Å²) in [4.78, 5) is 1.35. The Balaban J connectivity index is 1.87. The van der Waals surface area contributed by atoms with Gasteiger partial charge in [-0.25, -0.2) is 0 Å². The van der Waals surface area contributed by atoms with Gasteiger partial charge in [0.15, 0.2) is 0 Å². The van der Waals surface area contributed by atoms with Gasteiger partial charge < -0.3 is 9.73 Å². The van der Waals surface area contributed by atoms with Crippen LogP contribution in [0.5, 0.6) is 0 Å². The molecule has 0 unspecified atom stereocenters. The molecule has 0 amide bonds. The van der Waals surface area contributed by atoms with Crippen LogP contribution in [0.3, 0.4) is 0 Å². The number of rotatable bonds is 3. The van der Waals surface area contributed by atoms with Crippen LogP contribution in [0, 0.1) is 0 Å². The van der Waals surface area contributed by atoms with Gasteiger partial charge in [0.2, 0.25) is 0 Å². The summed E-state index contributed by atoms with van der Waals surface area (Å²) >= 11 is 1.79. The second-order valence-electron chi connectivity index (χ2n) is 5.14. The lowest BCUT2D eigenvalue weighted by atomic mass is 10.0. The topological polar surface area (TPSA) is 25.2 Å². The van der Waals surface area contributed by atoms with Gasteiger partial charge in [0, 0.05) is 22.2 Å². The van der Waals surface area contributed by atoms with Gasteiger partial charge in [0.1, 0.15) is 11.2 Å². The number of nitrogens with one attached hydrogen (secondary N) is 1. The van der Waals surface area contributed by atoms with E-state index >= 15 is 0 Å². The molecule has 2 nitrogen and oxygen atoms in total. The third-order valence-electron chi connectivity index (χ3n) is 3.71. The Kier molecular flexibility index (Phi) is 3.02. The van der Waals surface area contributed by atoms with E-state index < -0.39 is 0 Å². The molecule has 1 N–H and O–H groups in total. The summed E-state index contributed by atoms with van der Waals surface area (Å²) in [6, 6.07) is 16.9. The van der Waals surface area contributed by atoms with Gasteiger partial charge in [-0.2, -0.15) is 0 Å². The van der Waals surface area contributed by atoms with E-state index in [0.717, 1.165) is 17.7 Å². The van der Waals surface area contributed by atoms with Crippen LogP contribution in [-0.4, -0.2) is 7.05 Å². The molecule has 3 heteroatoms. The Morgan fingerprint density at radius 3 is 2.71 bits per heavy atom. The van der Waals surface area contributed by atoms with Crippen molar-refractivity contribution in [3.63, 3.8) is 0 Å². The summed E-state index contributed by atoms with van der Waals surface area (Å²) < 4.78 is 5.88. The molecule has 2 aromatic carbocycles. The van der Waals surface area contributed by atoms with Crippen LogP contribution in [0.25, 0.3) is 33.1 Å². The summed E-state index contributed by atoms with van der Waals surface area (Å²) in [6.07, 6.45) is 0. The predicted molar refractivity (Wildman–Crippen MR) is 89.8 cm³/mol. The monoisotopic (exact) mass is 293 g/mol. The van der Waals surface area contributed by atoms with Gasteiger partial charge in [-0.05, 0) is 47.8 Å². The quantitative estimate of drug-likeness (QED) is 0.573. The van der Waals surface area contributed by atoms with Gasteiger partial charge in [0.05, 0.1) is 0 Å². The predicted octanol–water partition coefficient (Wildman–Crippen LogP) is 5.03. The maximum Gasteiger partial charge on any atom is 0.135 e. The van der Waals surface area contributed by atoms with Crippen molar-refractivity contribution in [2.24, 2.45) is 0 Å². The van der Waals surface area contributed by atoms with E-state index in [1.807, 2.05) is 19.2 Å². The molecule has 4 rings (SSSR count). The summed E-state index contributed by atoms with van der Waals surface area (Å²) in [5.41, 5.74) is 4.42. The molecule has 21 heavy (non-hydrogen) atoms. The Morgan fingerprint density at radius 1 is 0.952 bits per heavy atom. The molecule has 0 spiro atoms. The fraction of sp³-hybridized carbons (Fsp3) is 0.111. The smallest absolute Gasteiger partial charge is 0.135 e. The van der Waals surface area contributed by atoms with Crippen molar-refractivity contribution in [1.29, 1.82) is 0 Å². The second-order valence-corrected chi connectivity index (χ2v) is 6.14. The number of benzene rings is 2. The largest absolute Gasteiger partial charge is 0.456 e. The highest BCUT2D eigenvalue weighted by Gasteiger charge is 2.08. The number of para-hydroxylation sites is 1. The van der Waals surface area contributed by atoms with Crippen LogP contribution in [0.15, 0.2) is 58.3 Å². The van der Waals surface area contributed by atoms with Gasteiger partial charge >= 0.3 is 0 Å². The average molecular weight is 293 g/mol. The van der Waals surface area contributed by atoms with E-state index in [0.29, 0.717) is 0 Å². The molecule has 2 aromatic heterocycles. The Morgan fingerprint density at radius 2 is 1.81 bits per heavy atom. The first kappa shape index (κ1) is 12.6. The molecule has 0 aliphatic rings. The van der Waals surface area contributed by atoms with Crippen molar-refractivity contribution in [3.8, 4) is 11.1 Å². The Hall–Kier alpha value is -2.10. The van der Waals surface area contributed by atoms with Crippen LogP contribution in [-0.2, 0) is 6.54 Å². The van der Waals surface area contributed by atoms with Gasteiger partial charge in [0.25, 0.3) is 0 Å². The lowest BCUT2D eigenvalue weighted by Crippen LogP contribution is -2.02. The summed E-state index contributed by atoms with van der Waals surface area (Å²) in [6.45, 7) is 0.918. The highest BCUT2D eigenvalue weighted by molar-refractivity contribution is 7.10. The fourth-order valence-corrected chi connectivity index (χ4v) is 3.61. The first-order valence-corrected chi connectivity index (χ1v) is 7.87. The fourth-order valence-electron chi connectivity index (χ4n) is 2.70. The molecular formula is C18H15NOS. The van der Waals surface area contributed by atoms with Gasteiger partial charge in [-0.1, -0.05) is 24.3 Å². The summed E-state index contributed by atoms with van der Waals surface area (Å²) in [7, 11) is 1.98. The van der Waals surface area contributed by atoms with Crippen LogP contribution < -0.4 is 5.32 Å². The molecule has 0 aliphatic carbocycles. The molecular weight excluding hydrogens is 278 g/mol. The normalized spacial score (nSPS) is 11.5. The van der Waals surface area contributed by atoms with E-state index in [9.17, 15) is 0 Å². The van der Waals surface area contributed by atoms with Crippen molar-refractivity contribution in [3.05, 3.63) is 58.8 Å². The molecule has 0 atom stereocenters. The summed E-state index contributed by atoms with van der Waals surface area (Å²) in [5.74, 6) is 0. The Bertz CT molecular complexity index is 919. The molecule has 2 heterocycles. The minimum Gasteiger partial charge on any atom is -0.456 e. The number of thiophene rings is 1. The van der Waals surface area contributed by atoms with Crippen LogP contribution in [0.4, 0.5) is 0 Å². The van der Waals surface area contributed by atoms with Crippen LogP contribution in [0.2, 0.25) is 0 Å². The molecule has 0 fully saturated rings. The van der Waals surface area contributed by atoms with E-state index in [-0.39, 0.29) is 0 Å². The Labute approximate surface area is 127 Å². The van der Waals surface area contributed by atoms with E-state index in [4.69, 9.17) is 4.42 Å². The zero-order chi connectivity index (χ0) is 14.2. The zero-order valence-corrected chi connectivity index (χ0v) is 12.5. The minimum absolute atomic E-state index is 0.918. The molecule has 4 aromatic rings. The minimum atomic E-state index is 0.918. The van der Waals surface area contributed by atoms with Gasteiger partial charge in [-0.15, -0.1) is 11.3 Å². The molecule has 0 saturated carbocycles. The van der Waals surface area contributed by atoms with Gasteiger partial charge in [-0.3, -0.25) is 0 Å². The van der Waals surface area contributed by atoms with Crippen molar-refractivity contribution >= 4 is 33.3 Å². The van der Waals surface area contributed by atoms with Crippen molar-refractivity contribution in [1.82, 2.24) is 5.32 Å². The number of hydrogen-bond acceptors (Lipinski definition) is 3. The molecule has 0 saturated heterocycles. The van der Waals surface area contributed by atoms with E-state index in [2.05, 4.69) is 47.1 Å². The third-order valence-corrected chi connectivity index (χ3v) is 4.65. The highest BCUT2D eigenvalue weighted by atomic mass is 32.1. The highest BCUT2D eigenvalue weighted by Crippen LogP contribution is 2.33. The first-order chi connectivity index (χ1) is 10.3. The second kappa shape index (κ2) is 5.02. The lowest BCUT2D eigenvalue weighted by molar-refractivity contribution is 0.669. The number of hydrogen-bond donors (Lipinski definition) is 1. The number of furan rings is 1. The maximum absolute atomic E-state index is 5.88. The molecule has 0 radical (unpaired) electrons. The van der Waals surface area contributed by atoms with E-state index in [1.165, 1.54) is 26.8 Å². The molecule has 0 aliphatic heterocycles. The summed E-state index contributed by atoms with van der Waals surface area (Å²) in [5, 5.41) is 7.78. The zero-order valence-electron chi connectivity index (χ0n) is 11.7. The van der Waals surface area contributed by atoms with E-state index in [1.54, 1.807) is 11.3 Å². The maximum atomic E-state index is 5.88. The van der Waals surface area contributed by atoms with Crippen molar-refractivity contribution in [2.75, 3.05) is 7.05 Å². The van der Waals surface area contributed by atoms with Crippen LogP contribution in [0.1, 0.15) is 4.88 Å². The molecule has 104 valence electrons. The lowest BCUT2D eigenvalue weighted by Gasteiger charge is -1.98. The number of fused-ring (bicyclic) bond motifs is 3.